The molecular formula is C20H22Cl2N6O3. The van der Waals surface area contributed by atoms with Crippen molar-refractivity contribution in [1.82, 2.24) is 24.0 Å². The number of aromatic nitrogens is 4. The van der Waals surface area contributed by atoms with Crippen LogP contribution in [0.1, 0.15) is 18.9 Å². The highest BCUT2D eigenvalue weighted by Gasteiger charge is 2.29. The Morgan fingerprint density at radius 1 is 1.23 bits per heavy atom. The van der Waals surface area contributed by atoms with Gasteiger partial charge in [0.1, 0.15) is 0 Å². The normalized spacial score (nSPS) is 16.3. The molecule has 4 rings (SSSR count). The molecule has 31 heavy (non-hydrogen) atoms. The van der Waals surface area contributed by atoms with Gasteiger partial charge in [-0.15, -0.1) is 0 Å². The number of hydrogen-bond acceptors (Lipinski definition) is 5. The molecule has 1 N–H and O–H groups in total. The fraction of sp³-hybridized carbons (Fsp3) is 0.400. The fourth-order valence-corrected chi connectivity index (χ4v) is 4.38. The third-order valence-electron chi connectivity index (χ3n) is 5.54. The fourth-order valence-electron chi connectivity index (χ4n) is 4.01. The van der Waals surface area contributed by atoms with E-state index in [1.165, 1.54) is 18.5 Å². The molecule has 1 aliphatic heterocycles. The summed E-state index contributed by atoms with van der Waals surface area (Å²) < 4.78 is 4.19. The number of halogens is 2. The van der Waals surface area contributed by atoms with Crippen molar-refractivity contribution in [2.24, 2.45) is 14.1 Å². The lowest BCUT2D eigenvalue weighted by molar-refractivity contribution is -0.119. The summed E-state index contributed by atoms with van der Waals surface area (Å²) in [6.07, 6.45) is 0.748. The van der Waals surface area contributed by atoms with Crippen molar-refractivity contribution in [3.8, 4) is 0 Å². The number of carbonyl (C=O) groups excluding carboxylic acids is 1. The number of nitrogens with zero attached hydrogens (tertiary/aromatic N) is 5. The minimum Gasteiger partial charge on any atom is -0.352 e. The molecule has 11 heteroatoms. The Hall–Kier alpha value is -2.78. The van der Waals surface area contributed by atoms with Gasteiger partial charge in [-0.05, 0) is 30.2 Å². The van der Waals surface area contributed by atoms with Crippen molar-refractivity contribution in [3.63, 3.8) is 0 Å². The Kier molecular flexibility index (Phi) is 5.57. The zero-order valence-electron chi connectivity index (χ0n) is 17.4. The van der Waals surface area contributed by atoms with E-state index in [0.29, 0.717) is 40.2 Å². The van der Waals surface area contributed by atoms with Gasteiger partial charge in [-0.1, -0.05) is 23.2 Å². The van der Waals surface area contributed by atoms with Crippen LogP contribution in [0.25, 0.3) is 11.2 Å². The van der Waals surface area contributed by atoms with E-state index in [1.54, 1.807) is 29.8 Å². The molecule has 0 aliphatic carbocycles. The zero-order chi connectivity index (χ0) is 22.4. The highest BCUT2D eigenvalue weighted by molar-refractivity contribution is 6.33. The number of hydrogen-bond donors (Lipinski definition) is 1. The van der Waals surface area contributed by atoms with Gasteiger partial charge in [0.15, 0.2) is 11.2 Å². The quantitative estimate of drug-likeness (QED) is 0.631. The maximum absolute atomic E-state index is 13.1. The second-order valence-corrected chi connectivity index (χ2v) is 8.59. The van der Waals surface area contributed by atoms with E-state index < -0.39 is 11.2 Å². The van der Waals surface area contributed by atoms with Crippen molar-refractivity contribution >= 4 is 46.2 Å². The first-order valence-corrected chi connectivity index (χ1v) is 10.5. The predicted molar refractivity (Wildman–Crippen MR) is 120 cm³/mol. The third-order valence-corrected chi connectivity index (χ3v) is 6.15. The van der Waals surface area contributed by atoms with Crippen LogP contribution in [-0.2, 0) is 25.4 Å². The summed E-state index contributed by atoms with van der Waals surface area (Å²) in [5, 5.41) is 3.96. The smallest absolute Gasteiger partial charge is 0.332 e. The summed E-state index contributed by atoms with van der Waals surface area (Å²) in [5.41, 5.74) is 0.436. The van der Waals surface area contributed by atoms with E-state index in [0.717, 1.165) is 16.6 Å². The van der Waals surface area contributed by atoms with Gasteiger partial charge in [-0.3, -0.25) is 23.3 Å². The van der Waals surface area contributed by atoms with Crippen LogP contribution in [0.5, 0.6) is 0 Å². The second-order valence-electron chi connectivity index (χ2n) is 7.74. The summed E-state index contributed by atoms with van der Waals surface area (Å²) in [6.45, 7) is 2.92. The lowest BCUT2D eigenvalue weighted by Crippen LogP contribution is -2.37. The van der Waals surface area contributed by atoms with E-state index >= 15 is 0 Å². The molecule has 3 aromatic rings. The molecule has 0 radical (unpaired) electrons. The molecule has 3 heterocycles. The van der Waals surface area contributed by atoms with E-state index in [-0.39, 0.29) is 18.5 Å². The van der Waals surface area contributed by atoms with Crippen LogP contribution in [0.4, 0.5) is 5.95 Å². The van der Waals surface area contributed by atoms with Crippen LogP contribution in [0.15, 0.2) is 27.8 Å². The van der Waals surface area contributed by atoms with Crippen molar-refractivity contribution in [2.75, 3.05) is 18.0 Å². The molecular weight excluding hydrogens is 443 g/mol. The highest BCUT2D eigenvalue weighted by Crippen LogP contribution is 2.28. The molecule has 1 amide bonds. The molecule has 1 aliphatic rings. The van der Waals surface area contributed by atoms with Gasteiger partial charge < -0.3 is 10.2 Å². The molecule has 164 valence electrons. The molecule has 0 spiro atoms. The summed E-state index contributed by atoms with van der Waals surface area (Å²) in [5.74, 6) is 0.444. The maximum atomic E-state index is 13.1. The molecule has 1 atom stereocenters. The molecule has 1 saturated heterocycles. The molecule has 0 saturated carbocycles. The van der Waals surface area contributed by atoms with Crippen molar-refractivity contribution in [1.29, 1.82) is 0 Å². The van der Waals surface area contributed by atoms with Crippen LogP contribution in [0.2, 0.25) is 10.0 Å². The number of fused-ring (bicyclic) bond motifs is 1. The third kappa shape index (κ3) is 3.83. The summed E-state index contributed by atoms with van der Waals surface area (Å²) in [4.78, 5) is 43.6. The van der Waals surface area contributed by atoms with Crippen LogP contribution >= 0.6 is 23.2 Å². The van der Waals surface area contributed by atoms with Gasteiger partial charge in [0, 0.05) is 50.2 Å². The average Bonchev–Trinajstić information content (AvgIpc) is 3.32. The standard InChI is InChI=1S/C20H22Cl2N6O3/c1-11(29)23-14-6-7-27(10-14)19-24-17-16(18(30)26(3)20(31)25(17)2)28(19)9-12-8-13(21)4-5-15(12)22/h4-5,8,14H,6-7,9-10H2,1-3H3,(H,23,29). The van der Waals surface area contributed by atoms with E-state index in [4.69, 9.17) is 23.2 Å². The lowest BCUT2D eigenvalue weighted by Gasteiger charge is -2.20. The predicted octanol–water partition coefficient (Wildman–Crippen LogP) is 1.50. The van der Waals surface area contributed by atoms with Crippen molar-refractivity contribution in [2.45, 2.75) is 25.9 Å². The molecule has 0 bridgehead atoms. The first-order chi connectivity index (χ1) is 14.7. The molecule has 2 aromatic heterocycles. The number of nitrogens with one attached hydrogen (secondary N) is 1. The van der Waals surface area contributed by atoms with Crippen LogP contribution < -0.4 is 21.5 Å². The summed E-state index contributed by atoms with van der Waals surface area (Å²) >= 11 is 12.6. The van der Waals surface area contributed by atoms with Crippen molar-refractivity contribution in [3.05, 3.63) is 54.6 Å². The average molecular weight is 465 g/mol. The Labute approximate surface area is 187 Å². The molecule has 9 nitrogen and oxygen atoms in total. The topological polar surface area (TPSA) is 94.2 Å². The van der Waals surface area contributed by atoms with Gasteiger partial charge in [0.05, 0.1) is 6.54 Å². The minimum atomic E-state index is -0.452. The van der Waals surface area contributed by atoms with Gasteiger partial charge in [-0.25, -0.2) is 4.79 Å². The number of imidazole rings is 1. The number of rotatable bonds is 4. The van der Waals surface area contributed by atoms with E-state index in [2.05, 4.69) is 10.3 Å². The summed E-state index contributed by atoms with van der Waals surface area (Å²) in [7, 11) is 3.03. The van der Waals surface area contributed by atoms with Crippen LogP contribution in [-0.4, -0.2) is 43.7 Å². The first kappa shape index (κ1) is 21.5. The first-order valence-electron chi connectivity index (χ1n) is 9.79. The Balaban J connectivity index is 1.90. The van der Waals surface area contributed by atoms with Gasteiger partial charge >= 0.3 is 5.69 Å². The second kappa shape index (κ2) is 8.05. The Morgan fingerprint density at radius 3 is 2.68 bits per heavy atom. The molecule has 1 unspecified atom stereocenters. The van der Waals surface area contributed by atoms with Crippen LogP contribution in [0, 0.1) is 0 Å². The largest absolute Gasteiger partial charge is 0.352 e. The van der Waals surface area contributed by atoms with Crippen LogP contribution in [0.3, 0.4) is 0 Å². The monoisotopic (exact) mass is 464 g/mol. The number of carbonyl (C=O) groups is 1. The number of benzene rings is 1. The number of amides is 1. The number of aryl methyl sites for hydroxylation is 1. The molecule has 1 fully saturated rings. The molecule has 1 aromatic carbocycles. The van der Waals surface area contributed by atoms with Crippen molar-refractivity contribution < 1.29 is 4.79 Å². The van der Waals surface area contributed by atoms with E-state index in [9.17, 15) is 14.4 Å². The van der Waals surface area contributed by atoms with Gasteiger partial charge in [0.25, 0.3) is 5.56 Å². The minimum absolute atomic E-state index is 0.0211. The summed E-state index contributed by atoms with van der Waals surface area (Å²) in [6, 6.07) is 5.12. The maximum Gasteiger partial charge on any atom is 0.332 e. The Bertz CT molecular complexity index is 1310. The zero-order valence-corrected chi connectivity index (χ0v) is 18.9. The van der Waals surface area contributed by atoms with Gasteiger partial charge in [0.2, 0.25) is 11.9 Å². The van der Waals surface area contributed by atoms with Gasteiger partial charge in [-0.2, -0.15) is 4.98 Å². The highest BCUT2D eigenvalue weighted by atomic mass is 35.5. The number of anilines is 1. The lowest BCUT2D eigenvalue weighted by atomic mass is 10.2. The Morgan fingerprint density at radius 2 is 1.97 bits per heavy atom. The SMILES string of the molecule is CC(=O)NC1CCN(c2nc3c(c(=O)n(C)c(=O)n3C)n2Cc2cc(Cl)ccc2Cl)C1. The van der Waals surface area contributed by atoms with E-state index in [1.807, 2.05) is 4.90 Å².